The maximum atomic E-state index is 5.92. The lowest BCUT2D eigenvalue weighted by Crippen LogP contribution is -1.96. The van der Waals surface area contributed by atoms with E-state index in [-0.39, 0.29) is 0 Å². The van der Waals surface area contributed by atoms with Crippen molar-refractivity contribution in [2.75, 3.05) is 20.0 Å². The number of aryl methyl sites for hydroxylation is 1. The number of benzene rings is 1. The van der Waals surface area contributed by atoms with E-state index >= 15 is 0 Å². The molecule has 2 aromatic heterocycles. The fourth-order valence-corrected chi connectivity index (χ4v) is 2.32. The van der Waals surface area contributed by atoms with E-state index in [1.165, 1.54) is 0 Å². The van der Waals surface area contributed by atoms with Crippen molar-refractivity contribution in [1.82, 2.24) is 14.6 Å². The average Bonchev–Trinajstić information content (AvgIpc) is 2.90. The zero-order valence-corrected chi connectivity index (χ0v) is 12.1. The zero-order valence-electron chi connectivity index (χ0n) is 12.1. The molecule has 3 aromatic rings. The number of methoxy groups -OCH3 is 2. The number of pyridine rings is 1. The lowest BCUT2D eigenvalue weighted by Gasteiger charge is -2.08. The number of nitrogens with two attached hydrogens (primary N) is 1. The number of hydrogen-bond donors (Lipinski definition) is 1. The summed E-state index contributed by atoms with van der Waals surface area (Å²) in [5.41, 5.74) is 9.19. The Hall–Kier alpha value is -2.76. The number of hydrogen-bond acceptors (Lipinski definition) is 5. The minimum absolute atomic E-state index is 0.663. The summed E-state index contributed by atoms with van der Waals surface area (Å²) in [7, 11) is 3.23. The summed E-state index contributed by atoms with van der Waals surface area (Å²) in [4.78, 5) is 0. The van der Waals surface area contributed by atoms with Crippen LogP contribution in [0.25, 0.3) is 17.0 Å². The van der Waals surface area contributed by atoms with Gasteiger partial charge in [-0.1, -0.05) is 0 Å². The predicted octanol–water partition coefficient (Wildman–Crippen LogP) is 2.30. The molecule has 0 amide bonds. The van der Waals surface area contributed by atoms with Crippen LogP contribution >= 0.6 is 0 Å². The standard InChI is InChI=1S/C15H16N4O2/c1-9-4-11(16)8-19-14(9)17-18-15(19)10-5-12(20-2)7-13(6-10)21-3/h4-8H,16H2,1-3H3. The molecule has 0 aliphatic rings. The van der Waals surface area contributed by atoms with Gasteiger partial charge in [-0.2, -0.15) is 0 Å². The number of ether oxygens (including phenoxy) is 2. The highest BCUT2D eigenvalue weighted by atomic mass is 16.5. The van der Waals surface area contributed by atoms with Crippen LogP contribution in [0.4, 0.5) is 5.69 Å². The van der Waals surface area contributed by atoms with Crippen molar-refractivity contribution < 1.29 is 9.47 Å². The summed E-state index contributed by atoms with van der Waals surface area (Å²) in [6.45, 7) is 1.95. The number of fused-ring (bicyclic) bond motifs is 1. The molecule has 0 aliphatic heterocycles. The fourth-order valence-electron chi connectivity index (χ4n) is 2.32. The molecular weight excluding hydrogens is 268 g/mol. The van der Waals surface area contributed by atoms with Crippen molar-refractivity contribution in [3.63, 3.8) is 0 Å². The number of nitrogen functional groups attached to an aromatic ring is 1. The highest BCUT2D eigenvalue weighted by Crippen LogP contribution is 2.29. The van der Waals surface area contributed by atoms with Gasteiger partial charge in [0.2, 0.25) is 0 Å². The Morgan fingerprint density at radius 3 is 2.29 bits per heavy atom. The molecule has 0 bridgehead atoms. The van der Waals surface area contributed by atoms with Crippen LogP contribution in [0.1, 0.15) is 5.56 Å². The topological polar surface area (TPSA) is 74.7 Å². The summed E-state index contributed by atoms with van der Waals surface area (Å²) in [5, 5.41) is 8.49. The van der Waals surface area contributed by atoms with E-state index in [4.69, 9.17) is 15.2 Å². The van der Waals surface area contributed by atoms with Gasteiger partial charge >= 0.3 is 0 Å². The van der Waals surface area contributed by atoms with Crippen LogP contribution in [0.3, 0.4) is 0 Å². The monoisotopic (exact) mass is 284 g/mol. The van der Waals surface area contributed by atoms with Gasteiger partial charge in [0.25, 0.3) is 0 Å². The highest BCUT2D eigenvalue weighted by molar-refractivity contribution is 5.66. The second kappa shape index (κ2) is 4.97. The molecule has 0 aliphatic carbocycles. The van der Waals surface area contributed by atoms with E-state index < -0.39 is 0 Å². The molecule has 0 unspecified atom stereocenters. The van der Waals surface area contributed by atoms with Crippen molar-refractivity contribution in [2.24, 2.45) is 0 Å². The third-order valence-electron chi connectivity index (χ3n) is 3.32. The molecule has 0 radical (unpaired) electrons. The smallest absolute Gasteiger partial charge is 0.168 e. The van der Waals surface area contributed by atoms with Crippen molar-refractivity contribution in [3.8, 4) is 22.9 Å². The van der Waals surface area contributed by atoms with Gasteiger partial charge < -0.3 is 15.2 Å². The van der Waals surface area contributed by atoms with Crippen LogP contribution < -0.4 is 15.2 Å². The summed E-state index contributed by atoms with van der Waals surface area (Å²) < 4.78 is 12.5. The van der Waals surface area contributed by atoms with Gasteiger partial charge in [-0.05, 0) is 30.7 Å². The Labute approximate surface area is 122 Å². The number of nitrogens with zero attached hydrogens (tertiary/aromatic N) is 3. The first-order valence-electron chi connectivity index (χ1n) is 6.46. The normalized spacial score (nSPS) is 10.8. The molecule has 108 valence electrons. The summed E-state index contributed by atoms with van der Waals surface area (Å²) in [6.07, 6.45) is 1.81. The van der Waals surface area contributed by atoms with Crippen LogP contribution in [-0.2, 0) is 0 Å². The second-order valence-corrected chi connectivity index (χ2v) is 4.78. The first-order chi connectivity index (χ1) is 10.1. The van der Waals surface area contributed by atoms with Crippen LogP contribution in [0.2, 0.25) is 0 Å². The van der Waals surface area contributed by atoms with Gasteiger partial charge in [-0.25, -0.2) is 0 Å². The molecule has 2 heterocycles. The van der Waals surface area contributed by atoms with Crippen molar-refractivity contribution in [3.05, 3.63) is 36.0 Å². The van der Waals surface area contributed by atoms with Gasteiger partial charge in [-0.15, -0.1) is 10.2 Å². The summed E-state index contributed by atoms with van der Waals surface area (Å²) in [5.74, 6) is 2.08. The zero-order chi connectivity index (χ0) is 15.0. The third-order valence-corrected chi connectivity index (χ3v) is 3.32. The maximum Gasteiger partial charge on any atom is 0.168 e. The molecule has 6 heteroatoms. The van der Waals surface area contributed by atoms with E-state index in [1.54, 1.807) is 14.2 Å². The number of aromatic nitrogens is 3. The Balaban J connectivity index is 2.25. The first kappa shape index (κ1) is 13.2. The minimum Gasteiger partial charge on any atom is -0.497 e. The van der Waals surface area contributed by atoms with Gasteiger partial charge in [0.05, 0.1) is 14.2 Å². The lowest BCUT2D eigenvalue weighted by atomic mass is 10.2. The van der Waals surface area contributed by atoms with Crippen LogP contribution in [0, 0.1) is 6.92 Å². The van der Waals surface area contributed by atoms with Crippen LogP contribution in [0.5, 0.6) is 11.5 Å². The SMILES string of the molecule is COc1cc(OC)cc(-c2nnc3c(C)cc(N)cn23)c1. The van der Waals surface area contributed by atoms with E-state index in [2.05, 4.69) is 10.2 Å². The van der Waals surface area contributed by atoms with Crippen molar-refractivity contribution >= 4 is 11.3 Å². The largest absolute Gasteiger partial charge is 0.497 e. The predicted molar refractivity (Wildman–Crippen MR) is 80.7 cm³/mol. The highest BCUT2D eigenvalue weighted by Gasteiger charge is 2.13. The Bertz CT molecular complexity index is 789. The second-order valence-electron chi connectivity index (χ2n) is 4.78. The van der Waals surface area contributed by atoms with Gasteiger partial charge in [0.1, 0.15) is 11.5 Å². The van der Waals surface area contributed by atoms with E-state index in [9.17, 15) is 0 Å². The van der Waals surface area contributed by atoms with E-state index in [0.717, 1.165) is 16.8 Å². The minimum atomic E-state index is 0.663. The van der Waals surface area contributed by atoms with Crippen LogP contribution in [0.15, 0.2) is 30.5 Å². The van der Waals surface area contributed by atoms with Crippen molar-refractivity contribution in [1.29, 1.82) is 0 Å². The van der Waals surface area contributed by atoms with Gasteiger partial charge in [0.15, 0.2) is 11.5 Å². The van der Waals surface area contributed by atoms with E-state index in [0.29, 0.717) is 23.0 Å². The number of rotatable bonds is 3. The molecule has 0 atom stereocenters. The molecular formula is C15H16N4O2. The van der Waals surface area contributed by atoms with Gasteiger partial charge in [0, 0.05) is 23.5 Å². The first-order valence-corrected chi connectivity index (χ1v) is 6.46. The quantitative estimate of drug-likeness (QED) is 0.798. The molecule has 2 N–H and O–H groups in total. The molecule has 0 saturated heterocycles. The lowest BCUT2D eigenvalue weighted by molar-refractivity contribution is 0.394. The molecule has 0 spiro atoms. The molecule has 0 saturated carbocycles. The Morgan fingerprint density at radius 1 is 1.00 bits per heavy atom. The summed E-state index contributed by atoms with van der Waals surface area (Å²) >= 11 is 0. The average molecular weight is 284 g/mol. The van der Waals surface area contributed by atoms with Crippen LogP contribution in [-0.4, -0.2) is 28.8 Å². The Kier molecular flexibility index (Phi) is 3.13. The maximum absolute atomic E-state index is 5.92. The molecule has 6 nitrogen and oxygen atoms in total. The molecule has 3 rings (SSSR count). The van der Waals surface area contributed by atoms with Gasteiger partial charge in [-0.3, -0.25) is 4.40 Å². The Morgan fingerprint density at radius 2 is 1.67 bits per heavy atom. The third kappa shape index (κ3) is 2.24. The molecule has 21 heavy (non-hydrogen) atoms. The molecule has 1 aromatic carbocycles. The van der Waals surface area contributed by atoms with E-state index in [1.807, 2.05) is 41.8 Å². The molecule has 0 fully saturated rings. The van der Waals surface area contributed by atoms with Crippen molar-refractivity contribution in [2.45, 2.75) is 6.92 Å². The fraction of sp³-hybridized carbons (Fsp3) is 0.200. The summed E-state index contributed by atoms with van der Waals surface area (Å²) in [6, 6.07) is 7.46. The number of anilines is 1.